The highest BCUT2D eigenvalue weighted by atomic mass is 14.8. The van der Waals surface area contributed by atoms with E-state index in [1.807, 2.05) is 0 Å². The second-order valence-corrected chi connectivity index (χ2v) is 13.9. The molecule has 4 N–H and O–H groups in total. The van der Waals surface area contributed by atoms with E-state index in [1.54, 1.807) is 0 Å². The standard InChI is InChI=1S/C43H38N4/c1-21-8-9-28-29(10-21)37-18-39-32-13-24(4)25(5)14-33(32)41(46-39)20-43-35-16-27(7)26(6)15-34(35)42(47-43)19-40-31-12-23(3)22(2)11-30(31)38(45-40)17-36(28)44-37/h8-20,44-47H,1-7H3. The highest BCUT2D eigenvalue weighted by Crippen LogP contribution is 2.30. The molecule has 0 unspecified atom stereocenters. The Labute approximate surface area is 272 Å². The van der Waals surface area contributed by atoms with Crippen LogP contribution in [0.15, 0.2) is 54.6 Å². The smallest absolute Gasteiger partial charge is 0.0486 e. The Balaban J connectivity index is 1.52. The molecular formula is C43H38N4. The van der Waals surface area contributed by atoms with Gasteiger partial charge in [-0.25, -0.2) is 0 Å². The number of aryl methyl sites for hydroxylation is 7. The molecule has 0 spiro atoms. The van der Waals surface area contributed by atoms with Gasteiger partial charge in [-0.05, 0) is 149 Å². The first kappa shape index (κ1) is 27.8. The van der Waals surface area contributed by atoms with Gasteiger partial charge in [0.15, 0.2) is 0 Å². The van der Waals surface area contributed by atoms with Gasteiger partial charge in [-0.15, -0.1) is 0 Å². The average Bonchev–Trinajstić information content (AvgIpc) is 3.73. The highest BCUT2D eigenvalue weighted by Gasteiger charge is 2.15. The number of hydrogen-bond donors (Lipinski definition) is 4. The average molecular weight is 611 g/mol. The fourth-order valence-corrected chi connectivity index (χ4v) is 7.51. The molecule has 5 heterocycles. The summed E-state index contributed by atoms with van der Waals surface area (Å²) in [6.45, 7) is 15.4. The van der Waals surface area contributed by atoms with Crippen molar-refractivity contribution in [1.29, 1.82) is 0 Å². The summed E-state index contributed by atoms with van der Waals surface area (Å²) in [6.07, 6.45) is 9.19. The van der Waals surface area contributed by atoms with Crippen LogP contribution in [0.3, 0.4) is 0 Å². The summed E-state index contributed by atoms with van der Waals surface area (Å²) in [7, 11) is 0. The van der Waals surface area contributed by atoms with Gasteiger partial charge in [0.05, 0.1) is 0 Å². The molecule has 8 bridgehead atoms. The van der Waals surface area contributed by atoms with E-state index in [4.69, 9.17) is 0 Å². The zero-order chi connectivity index (χ0) is 32.3. The first-order valence-corrected chi connectivity index (χ1v) is 16.5. The van der Waals surface area contributed by atoms with E-state index in [0.717, 1.165) is 44.2 Å². The van der Waals surface area contributed by atoms with Crippen LogP contribution in [0.2, 0.25) is 0 Å². The second kappa shape index (κ2) is 9.76. The van der Waals surface area contributed by atoms with Crippen LogP contribution < -0.4 is 21.4 Å². The van der Waals surface area contributed by atoms with Crippen molar-refractivity contribution in [2.24, 2.45) is 0 Å². The van der Waals surface area contributed by atoms with Crippen LogP contribution in [0.1, 0.15) is 61.7 Å². The van der Waals surface area contributed by atoms with E-state index in [9.17, 15) is 0 Å². The molecule has 1 aliphatic heterocycles. The Morgan fingerprint density at radius 3 is 0.957 bits per heavy atom. The Hall–Kier alpha value is -5.48. The molecule has 4 heteroatoms. The molecule has 0 fully saturated rings. The minimum Gasteiger partial charge on any atom is -0.354 e. The van der Waals surface area contributed by atoms with Crippen molar-refractivity contribution in [1.82, 2.24) is 19.9 Å². The Morgan fingerprint density at radius 1 is 0.298 bits per heavy atom. The van der Waals surface area contributed by atoms with Crippen LogP contribution in [0, 0.1) is 48.5 Å². The van der Waals surface area contributed by atoms with E-state index in [0.29, 0.717) is 0 Å². The molecule has 0 saturated carbocycles. The van der Waals surface area contributed by atoms with Crippen LogP contribution in [0.25, 0.3) is 67.4 Å². The topological polar surface area (TPSA) is 63.2 Å². The van der Waals surface area contributed by atoms with Gasteiger partial charge in [-0.1, -0.05) is 17.7 Å². The van der Waals surface area contributed by atoms with E-state index in [1.165, 1.54) is 82.0 Å². The molecule has 0 aliphatic carbocycles. The molecule has 4 nitrogen and oxygen atoms in total. The maximum absolute atomic E-state index is 3.86. The molecule has 4 aromatic heterocycles. The fourth-order valence-electron chi connectivity index (χ4n) is 7.51. The van der Waals surface area contributed by atoms with Crippen molar-refractivity contribution >= 4 is 67.4 Å². The summed E-state index contributed by atoms with van der Waals surface area (Å²) in [5.41, 5.74) is 13.4. The predicted molar refractivity (Wildman–Crippen MR) is 199 cm³/mol. The second-order valence-electron chi connectivity index (χ2n) is 13.9. The molecular weight excluding hydrogens is 573 g/mol. The molecule has 1 aliphatic rings. The third-order valence-corrected chi connectivity index (χ3v) is 10.6. The number of rotatable bonds is 0. The molecule has 9 rings (SSSR count). The van der Waals surface area contributed by atoms with Crippen LogP contribution >= 0.6 is 0 Å². The van der Waals surface area contributed by atoms with Crippen LogP contribution in [-0.4, -0.2) is 19.9 Å². The van der Waals surface area contributed by atoms with Gasteiger partial charge >= 0.3 is 0 Å². The monoisotopic (exact) mass is 610 g/mol. The molecule has 230 valence electrons. The number of aromatic nitrogens is 4. The van der Waals surface area contributed by atoms with Gasteiger partial charge in [0.2, 0.25) is 0 Å². The van der Waals surface area contributed by atoms with E-state index >= 15 is 0 Å². The number of aromatic amines is 4. The minimum atomic E-state index is 1.10. The number of fused-ring (bicyclic) bond motifs is 20. The largest absolute Gasteiger partial charge is 0.354 e. The normalized spacial score (nSPS) is 12.8. The van der Waals surface area contributed by atoms with Crippen molar-refractivity contribution in [2.75, 3.05) is 0 Å². The molecule has 0 atom stereocenters. The Bertz CT molecular complexity index is 2910. The zero-order valence-corrected chi connectivity index (χ0v) is 28.0. The lowest BCUT2D eigenvalue weighted by Crippen LogP contribution is -2.11. The SMILES string of the molecule is Cc1ccc2c3[nH]c(c2c1)=Cc1[nH]c(c2cc(C)c(C)cc12)C=c1[nH]c(c2cc(C)c(C)cc12)=Cc1[nH]c(c2cc(C)c(C)cc12)C=3. The summed E-state index contributed by atoms with van der Waals surface area (Å²) in [4.78, 5) is 15.4. The minimum absolute atomic E-state index is 1.10. The molecule has 0 saturated heterocycles. The van der Waals surface area contributed by atoms with Crippen molar-refractivity contribution < 1.29 is 0 Å². The lowest BCUT2D eigenvalue weighted by molar-refractivity contribution is 1.24. The maximum Gasteiger partial charge on any atom is 0.0486 e. The van der Waals surface area contributed by atoms with Crippen LogP contribution in [0.4, 0.5) is 0 Å². The third-order valence-electron chi connectivity index (χ3n) is 10.6. The van der Waals surface area contributed by atoms with Gasteiger partial charge in [0.25, 0.3) is 0 Å². The summed E-state index contributed by atoms with van der Waals surface area (Å²) in [6, 6.07) is 20.8. The summed E-state index contributed by atoms with van der Waals surface area (Å²) in [5, 5.41) is 14.2. The number of hydrogen-bond acceptors (Lipinski definition) is 0. The molecule has 4 aromatic carbocycles. The zero-order valence-electron chi connectivity index (χ0n) is 28.0. The van der Waals surface area contributed by atoms with Crippen molar-refractivity contribution in [3.63, 3.8) is 0 Å². The molecule has 0 radical (unpaired) electrons. The van der Waals surface area contributed by atoms with Gasteiger partial charge in [0.1, 0.15) is 0 Å². The number of H-pyrrole nitrogens is 4. The van der Waals surface area contributed by atoms with E-state index in [2.05, 4.69) is 147 Å². The number of nitrogens with one attached hydrogen (secondary N) is 4. The van der Waals surface area contributed by atoms with Crippen LogP contribution in [0.5, 0.6) is 0 Å². The highest BCUT2D eigenvalue weighted by molar-refractivity contribution is 6.01. The van der Waals surface area contributed by atoms with Crippen molar-refractivity contribution in [3.8, 4) is 0 Å². The van der Waals surface area contributed by atoms with Crippen LogP contribution in [-0.2, 0) is 0 Å². The van der Waals surface area contributed by atoms with Crippen molar-refractivity contribution in [3.05, 3.63) is 138 Å². The molecule has 0 amide bonds. The van der Waals surface area contributed by atoms with Gasteiger partial charge in [0, 0.05) is 87.3 Å². The van der Waals surface area contributed by atoms with Crippen molar-refractivity contribution in [2.45, 2.75) is 48.5 Å². The van der Waals surface area contributed by atoms with E-state index in [-0.39, 0.29) is 0 Å². The summed E-state index contributed by atoms with van der Waals surface area (Å²) >= 11 is 0. The first-order chi connectivity index (χ1) is 22.6. The first-order valence-electron chi connectivity index (χ1n) is 16.5. The Kier molecular flexibility index (Phi) is 5.77. The van der Waals surface area contributed by atoms with Gasteiger partial charge in [-0.2, -0.15) is 0 Å². The fraction of sp³-hybridized carbons (Fsp3) is 0.163. The van der Waals surface area contributed by atoms with Gasteiger partial charge in [-0.3, -0.25) is 0 Å². The summed E-state index contributed by atoms with van der Waals surface area (Å²) < 4.78 is 0. The number of benzene rings is 4. The lowest BCUT2D eigenvalue weighted by Gasteiger charge is -2.02. The quantitative estimate of drug-likeness (QED) is 0.138. The lowest BCUT2D eigenvalue weighted by atomic mass is 10.0. The predicted octanol–water partition coefficient (Wildman–Crippen LogP) is 7.40. The molecule has 8 aromatic rings. The maximum atomic E-state index is 3.86. The van der Waals surface area contributed by atoms with Gasteiger partial charge < -0.3 is 19.9 Å². The van der Waals surface area contributed by atoms with E-state index < -0.39 is 0 Å². The third kappa shape index (κ3) is 4.21. The Morgan fingerprint density at radius 2 is 0.596 bits per heavy atom. The summed E-state index contributed by atoms with van der Waals surface area (Å²) in [5.74, 6) is 0. The molecule has 47 heavy (non-hydrogen) atoms.